The van der Waals surface area contributed by atoms with Crippen molar-refractivity contribution < 1.29 is 19.1 Å². The normalized spacial score (nSPS) is 25.7. The number of carbonyl (C=O) groups is 3. The first kappa shape index (κ1) is 18.1. The van der Waals surface area contributed by atoms with E-state index in [4.69, 9.17) is 4.74 Å². The molecule has 0 aliphatic heterocycles. The molecule has 0 spiro atoms. The van der Waals surface area contributed by atoms with Gasteiger partial charge in [-0.05, 0) is 38.3 Å². The lowest BCUT2D eigenvalue weighted by Crippen LogP contribution is -2.37. The van der Waals surface area contributed by atoms with Crippen molar-refractivity contribution in [3.05, 3.63) is 69.6 Å². The summed E-state index contributed by atoms with van der Waals surface area (Å²) in [6.45, 7) is 9.02. The van der Waals surface area contributed by atoms with Gasteiger partial charge in [-0.3, -0.25) is 14.4 Å². The van der Waals surface area contributed by atoms with Crippen LogP contribution in [0.15, 0.2) is 69.6 Å². The second-order valence-electron chi connectivity index (χ2n) is 7.08. The first-order valence-corrected chi connectivity index (χ1v) is 8.68. The third-order valence-electron chi connectivity index (χ3n) is 5.39. The topological polar surface area (TPSA) is 60.4 Å². The van der Waals surface area contributed by atoms with Crippen LogP contribution in [0.3, 0.4) is 0 Å². The van der Waals surface area contributed by atoms with E-state index in [0.717, 1.165) is 11.1 Å². The molecule has 0 aromatic rings. The fourth-order valence-electron chi connectivity index (χ4n) is 3.95. The molecule has 0 bridgehead atoms. The molecule has 1 atom stereocenters. The molecule has 0 radical (unpaired) electrons. The van der Waals surface area contributed by atoms with Crippen molar-refractivity contribution in [1.29, 1.82) is 0 Å². The van der Waals surface area contributed by atoms with Crippen LogP contribution in [0.4, 0.5) is 0 Å². The summed E-state index contributed by atoms with van der Waals surface area (Å²) in [4.78, 5) is 37.9. The van der Waals surface area contributed by atoms with E-state index in [9.17, 15) is 14.4 Å². The highest BCUT2D eigenvalue weighted by atomic mass is 16.5. The molecule has 0 amide bonds. The number of fused-ring (bicyclic) bond motifs is 2. The van der Waals surface area contributed by atoms with Gasteiger partial charge in [-0.25, -0.2) is 0 Å². The fourth-order valence-corrected chi connectivity index (χ4v) is 3.95. The third-order valence-corrected chi connectivity index (χ3v) is 5.39. The predicted octanol–water partition coefficient (Wildman–Crippen LogP) is 4.07. The number of rotatable bonds is 2. The average Bonchev–Trinajstić information content (AvgIpc) is 2.58. The molecule has 4 heteroatoms. The van der Waals surface area contributed by atoms with Crippen molar-refractivity contribution in [2.24, 2.45) is 5.41 Å². The minimum absolute atomic E-state index is 0.131. The fraction of sp³-hybridized carbons (Fsp3) is 0.318. The number of carbonyl (C=O) groups excluding carboxylic acids is 3. The maximum absolute atomic E-state index is 13.3. The maximum atomic E-state index is 13.3. The van der Waals surface area contributed by atoms with Gasteiger partial charge in [0.25, 0.3) is 0 Å². The van der Waals surface area contributed by atoms with Crippen molar-refractivity contribution in [3.8, 4) is 0 Å². The second kappa shape index (κ2) is 6.20. The number of ketones is 2. The standard InChI is InChI=1S/C22H22O4/c1-6-7-16-19(24)15-8-9-17-13(3)12(2)10-11-22(17,5)18(15)20(25)21(16)26-14(4)23/h6-10H,11H2,1-5H3. The van der Waals surface area contributed by atoms with Gasteiger partial charge in [-0.2, -0.15) is 0 Å². The summed E-state index contributed by atoms with van der Waals surface area (Å²) in [7, 11) is 0. The third kappa shape index (κ3) is 2.48. The molecule has 134 valence electrons. The molecular weight excluding hydrogens is 328 g/mol. The maximum Gasteiger partial charge on any atom is 0.308 e. The van der Waals surface area contributed by atoms with Crippen LogP contribution in [-0.2, 0) is 19.1 Å². The number of ether oxygens (including phenoxy) is 1. The van der Waals surface area contributed by atoms with E-state index in [2.05, 4.69) is 6.08 Å². The van der Waals surface area contributed by atoms with E-state index in [1.54, 1.807) is 19.1 Å². The number of allylic oxidation sites excluding steroid dienone is 11. The van der Waals surface area contributed by atoms with Crippen molar-refractivity contribution in [1.82, 2.24) is 0 Å². The Kier molecular flexibility index (Phi) is 4.31. The van der Waals surface area contributed by atoms with E-state index in [1.165, 1.54) is 18.6 Å². The molecule has 0 heterocycles. The quantitative estimate of drug-likeness (QED) is 0.556. The lowest BCUT2D eigenvalue weighted by atomic mass is 9.61. The number of esters is 1. The molecule has 0 saturated carbocycles. The van der Waals surface area contributed by atoms with Crippen LogP contribution in [0.5, 0.6) is 0 Å². The van der Waals surface area contributed by atoms with Crippen LogP contribution < -0.4 is 0 Å². The van der Waals surface area contributed by atoms with Crippen LogP contribution in [0.2, 0.25) is 0 Å². The Labute approximate surface area is 153 Å². The molecule has 3 aliphatic rings. The highest BCUT2D eigenvalue weighted by Crippen LogP contribution is 2.52. The van der Waals surface area contributed by atoms with Gasteiger partial charge in [0.15, 0.2) is 11.5 Å². The van der Waals surface area contributed by atoms with Gasteiger partial charge in [0.1, 0.15) is 0 Å². The lowest BCUT2D eigenvalue weighted by molar-refractivity contribution is -0.140. The zero-order valence-corrected chi connectivity index (χ0v) is 15.7. The number of Topliss-reactive ketones (excluding diaryl/α,β-unsaturated/α-hetero) is 2. The summed E-state index contributed by atoms with van der Waals surface area (Å²) in [5, 5.41) is 0. The summed E-state index contributed by atoms with van der Waals surface area (Å²) in [6, 6.07) is 0. The Bertz CT molecular complexity index is 931. The molecule has 3 rings (SSSR count). The van der Waals surface area contributed by atoms with Crippen LogP contribution in [0.25, 0.3) is 0 Å². The summed E-state index contributed by atoms with van der Waals surface area (Å²) in [5.41, 5.74) is 3.66. The summed E-state index contributed by atoms with van der Waals surface area (Å²) >= 11 is 0. The van der Waals surface area contributed by atoms with Crippen molar-refractivity contribution in [2.75, 3.05) is 0 Å². The molecule has 0 aromatic carbocycles. The van der Waals surface area contributed by atoms with Gasteiger partial charge in [0, 0.05) is 23.5 Å². The van der Waals surface area contributed by atoms with Gasteiger partial charge in [0.2, 0.25) is 5.78 Å². The van der Waals surface area contributed by atoms with Crippen LogP contribution in [-0.4, -0.2) is 17.5 Å². The zero-order chi connectivity index (χ0) is 19.2. The second-order valence-corrected chi connectivity index (χ2v) is 7.08. The molecule has 0 aromatic heterocycles. The SMILES string of the molecule is CC=CC1=C(OC(C)=O)C(=O)C2=C(C=CC3=C(C)C(C)=CCC32C)C1=O. The minimum atomic E-state index is -0.616. The molecule has 0 fully saturated rings. The number of hydrogen-bond acceptors (Lipinski definition) is 4. The summed E-state index contributed by atoms with van der Waals surface area (Å²) < 4.78 is 5.19. The first-order valence-electron chi connectivity index (χ1n) is 8.68. The van der Waals surface area contributed by atoms with Gasteiger partial charge in [-0.15, -0.1) is 0 Å². The van der Waals surface area contributed by atoms with Crippen LogP contribution in [0, 0.1) is 5.41 Å². The first-order chi connectivity index (χ1) is 12.2. The molecule has 0 N–H and O–H groups in total. The molecule has 4 nitrogen and oxygen atoms in total. The summed E-state index contributed by atoms with van der Waals surface area (Å²) in [6.07, 6.45) is 9.58. The lowest BCUT2D eigenvalue weighted by Gasteiger charge is -2.41. The smallest absolute Gasteiger partial charge is 0.308 e. The van der Waals surface area contributed by atoms with Gasteiger partial charge >= 0.3 is 5.97 Å². The zero-order valence-electron chi connectivity index (χ0n) is 15.7. The Morgan fingerprint density at radius 3 is 2.50 bits per heavy atom. The Morgan fingerprint density at radius 1 is 1.19 bits per heavy atom. The van der Waals surface area contributed by atoms with E-state index in [0.29, 0.717) is 17.6 Å². The van der Waals surface area contributed by atoms with Gasteiger partial charge in [-0.1, -0.05) is 42.9 Å². The minimum Gasteiger partial charge on any atom is -0.422 e. The molecule has 0 saturated heterocycles. The van der Waals surface area contributed by atoms with Crippen molar-refractivity contribution >= 4 is 17.5 Å². The van der Waals surface area contributed by atoms with Crippen molar-refractivity contribution in [2.45, 2.75) is 41.0 Å². The van der Waals surface area contributed by atoms with Crippen LogP contribution >= 0.6 is 0 Å². The van der Waals surface area contributed by atoms with E-state index in [-0.39, 0.29) is 22.9 Å². The Hall–Kier alpha value is -2.75. The highest BCUT2D eigenvalue weighted by Gasteiger charge is 2.47. The molecular formula is C22H22O4. The van der Waals surface area contributed by atoms with Gasteiger partial charge < -0.3 is 4.74 Å². The molecule has 3 aliphatic carbocycles. The predicted molar refractivity (Wildman–Crippen MR) is 99.0 cm³/mol. The molecule has 26 heavy (non-hydrogen) atoms. The monoisotopic (exact) mass is 350 g/mol. The Morgan fingerprint density at radius 2 is 1.88 bits per heavy atom. The highest BCUT2D eigenvalue weighted by molar-refractivity contribution is 6.28. The van der Waals surface area contributed by atoms with Crippen molar-refractivity contribution in [3.63, 3.8) is 0 Å². The molecule has 1 unspecified atom stereocenters. The Balaban J connectivity index is 2.23. The van der Waals surface area contributed by atoms with Gasteiger partial charge in [0.05, 0.1) is 5.57 Å². The largest absolute Gasteiger partial charge is 0.422 e. The summed E-state index contributed by atoms with van der Waals surface area (Å²) in [5.74, 6) is -1.45. The van der Waals surface area contributed by atoms with E-state index < -0.39 is 11.4 Å². The van der Waals surface area contributed by atoms with E-state index in [1.807, 2.05) is 26.8 Å². The number of hydrogen-bond donors (Lipinski definition) is 0. The van der Waals surface area contributed by atoms with Crippen LogP contribution in [0.1, 0.15) is 41.0 Å². The van der Waals surface area contributed by atoms with E-state index >= 15 is 0 Å². The average molecular weight is 350 g/mol.